The Balaban J connectivity index is 1.57. The number of hydrogen-bond acceptors (Lipinski definition) is 3. The lowest BCUT2D eigenvalue weighted by molar-refractivity contribution is -0.117. The number of aromatic carboxylic acids is 1. The minimum atomic E-state index is -0.964. The molecule has 3 rings (SSSR count). The smallest absolute Gasteiger partial charge is 0.335 e. The van der Waals surface area contributed by atoms with Crippen molar-refractivity contribution in [2.24, 2.45) is 0 Å². The molecule has 0 aromatic heterocycles. The molecule has 6 nitrogen and oxygen atoms in total. The van der Waals surface area contributed by atoms with Gasteiger partial charge in [-0.1, -0.05) is 12.1 Å². The molecule has 26 heavy (non-hydrogen) atoms. The predicted octanol–water partition coefficient (Wildman–Crippen LogP) is 2.87. The average molecular weight is 352 g/mol. The molecule has 0 saturated heterocycles. The minimum Gasteiger partial charge on any atom is -0.478 e. The third kappa shape index (κ3) is 3.91. The number of carboxylic acids is 1. The van der Waals surface area contributed by atoms with Crippen LogP contribution >= 0.6 is 0 Å². The molecule has 0 atom stereocenters. The van der Waals surface area contributed by atoms with Crippen LogP contribution in [0.25, 0.3) is 0 Å². The fourth-order valence-corrected chi connectivity index (χ4v) is 3.10. The van der Waals surface area contributed by atoms with Crippen LogP contribution in [0.15, 0.2) is 42.5 Å². The van der Waals surface area contributed by atoms with Gasteiger partial charge in [0.15, 0.2) is 0 Å². The molecule has 0 spiro atoms. The molecule has 1 aliphatic heterocycles. The maximum Gasteiger partial charge on any atom is 0.335 e. The first-order valence-electron chi connectivity index (χ1n) is 8.47. The molecule has 0 unspecified atom stereocenters. The zero-order chi connectivity index (χ0) is 18.7. The number of hydrogen-bond donors (Lipinski definition) is 2. The lowest BCUT2D eigenvalue weighted by Gasteiger charge is -2.15. The highest BCUT2D eigenvalue weighted by Crippen LogP contribution is 2.30. The first kappa shape index (κ1) is 17.7. The molecule has 0 bridgehead atoms. The zero-order valence-electron chi connectivity index (χ0n) is 14.5. The second-order valence-electron chi connectivity index (χ2n) is 6.31. The SMILES string of the molecule is CC(=O)N1CCc2cc(NC(=O)CCc3ccc(C(=O)O)cc3)ccc21. The fraction of sp³-hybridized carbons (Fsp3) is 0.250. The van der Waals surface area contributed by atoms with Crippen LogP contribution in [0.4, 0.5) is 11.4 Å². The number of anilines is 2. The maximum atomic E-state index is 12.2. The summed E-state index contributed by atoms with van der Waals surface area (Å²) in [5.74, 6) is -1.04. The van der Waals surface area contributed by atoms with Gasteiger partial charge in [0.1, 0.15) is 0 Å². The Morgan fingerprint density at radius 1 is 1.12 bits per heavy atom. The lowest BCUT2D eigenvalue weighted by atomic mass is 10.1. The van der Waals surface area contributed by atoms with E-state index in [0.717, 1.165) is 28.9 Å². The quantitative estimate of drug-likeness (QED) is 0.866. The van der Waals surface area contributed by atoms with Crippen molar-refractivity contribution in [2.45, 2.75) is 26.2 Å². The van der Waals surface area contributed by atoms with Gasteiger partial charge in [-0.05, 0) is 54.3 Å². The van der Waals surface area contributed by atoms with Gasteiger partial charge in [-0.3, -0.25) is 9.59 Å². The summed E-state index contributed by atoms with van der Waals surface area (Å²) in [6, 6.07) is 12.1. The number of benzene rings is 2. The minimum absolute atomic E-state index is 0.0226. The number of amides is 2. The molecular formula is C20H20N2O4. The Bertz CT molecular complexity index is 859. The van der Waals surface area contributed by atoms with E-state index in [1.165, 1.54) is 12.1 Å². The summed E-state index contributed by atoms with van der Waals surface area (Å²) in [4.78, 5) is 36.3. The zero-order valence-corrected chi connectivity index (χ0v) is 14.5. The summed E-state index contributed by atoms with van der Waals surface area (Å²) in [5.41, 5.74) is 3.84. The van der Waals surface area contributed by atoms with Crippen molar-refractivity contribution in [3.05, 3.63) is 59.2 Å². The van der Waals surface area contributed by atoms with Crippen molar-refractivity contribution in [3.8, 4) is 0 Å². The van der Waals surface area contributed by atoms with Crippen LogP contribution in [0.5, 0.6) is 0 Å². The number of nitrogens with one attached hydrogen (secondary N) is 1. The molecule has 0 fully saturated rings. The van der Waals surface area contributed by atoms with Crippen LogP contribution in [0.3, 0.4) is 0 Å². The average Bonchev–Trinajstić information content (AvgIpc) is 3.03. The van der Waals surface area contributed by atoms with Crippen LogP contribution in [0, 0.1) is 0 Å². The van der Waals surface area contributed by atoms with Gasteiger partial charge in [-0.25, -0.2) is 4.79 Å². The third-order valence-electron chi connectivity index (χ3n) is 4.48. The molecule has 134 valence electrons. The van der Waals surface area contributed by atoms with Gasteiger partial charge < -0.3 is 15.3 Å². The Labute approximate surface area is 151 Å². The Hall–Kier alpha value is -3.15. The van der Waals surface area contributed by atoms with Crippen molar-refractivity contribution in [2.75, 3.05) is 16.8 Å². The highest BCUT2D eigenvalue weighted by Gasteiger charge is 2.22. The van der Waals surface area contributed by atoms with Gasteiger partial charge in [0.25, 0.3) is 0 Å². The standard InChI is InChI=1S/C20H20N2O4/c1-13(23)22-11-10-16-12-17(7-8-18(16)22)21-19(24)9-4-14-2-5-15(6-3-14)20(25)26/h2-3,5-8,12H,4,9-11H2,1H3,(H,21,24)(H,25,26). The van der Waals surface area contributed by atoms with E-state index in [0.29, 0.717) is 19.4 Å². The van der Waals surface area contributed by atoms with E-state index in [-0.39, 0.29) is 17.4 Å². The number of carboxylic acid groups (broad SMARTS) is 1. The van der Waals surface area contributed by atoms with Crippen LogP contribution in [-0.2, 0) is 22.4 Å². The van der Waals surface area contributed by atoms with E-state index in [2.05, 4.69) is 5.32 Å². The second-order valence-corrected chi connectivity index (χ2v) is 6.31. The fourth-order valence-electron chi connectivity index (χ4n) is 3.10. The van der Waals surface area contributed by atoms with E-state index in [1.54, 1.807) is 30.0 Å². The van der Waals surface area contributed by atoms with Gasteiger partial charge in [0.2, 0.25) is 11.8 Å². The molecule has 2 aromatic rings. The largest absolute Gasteiger partial charge is 0.478 e. The highest BCUT2D eigenvalue weighted by atomic mass is 16.4. The van der Waals surface area contributed by atoms with Crippen molar-refractivity contribution >= 4 is 29.2 Å². The van der Waals surface area contributed by atoms with E-state index >= 15 is 0 Å². The van der Waals surface area contributed by atoms with E-state index < -0.39 is 5.97 Å². The Morgan fingerprint density at radius 3 is 2.50 bits per heavy atom. The van der Waals surface area contributed by atoms with Gasteiger partial charge in [-0.2, -0.15) is 0 Å². The summed E-state index contributed by atoms with van der Waals surface area (Å²) >= 11 is 0. The summed E-state index contributed by atoms with van der Waals surface area (Å²) in [5, 5.41) is 11.8. The van der Waals surface area contributed by atoms with E-state index in [9.17, 15) is 14.4 Å². The summed E-state index contributed by atoms with van der Waals surface area (Å²) in [6.07, 6.45) is 1.63. The number of carbonyl (C=O) groups excluding carboxylic acids is 2. The van der Waals surface area contributed by atoms with Crippen molar-refractivity contribution < 1.29 is 19.5 Å². The molecule has 6 heteroatoms. The third-order valence-corrected chi connectivity index (χ3v) is 4.48. The number of rotatable bonds is 5. The monoisotopic (exact) mass is 352 g/mol. The van der Waals surface area contributed by atoms with Crippen LogP contribution in [-0.4, -0.2) is 29.4 Å². The Kier molecular flexibility index (Phi) is 5.02. The summed E-state index contributed by atoms with van der Waals surface area (Å²) < 4.78 is 0. The second kappa shape index (κ2) is 7.39. The topological polar surface area (TPSA) is 86.7 Å². The lowest BCUT2D eigenvalue weighted by Crippen LogP contribution is -2.25. The number of aryl methyl sites for hydroxylation is 1. The van der Waals surface area contributed by atoms with E-state index in [4.69, 9.17) is 5.11 Å². The predicted molar refractivity (Wildman–Crippen MR) is 98.5 cm³/mol. The highest BCUT2D eigenvalue weighted by molar-refractivity contribution is 5.95. The van der Waals surface area contributed by atoms with E-state index in [1.807, 2.05) is 12.1 Å². The van der Waals surface area contributed by atoms with Gasteiger partial charge in [-0.15, -0.1) is 0 Å². The maximum absolute atomic E-state index is 12.2. The Morgan fingerprint density at radius 2 is 1.85 bits per heavy atom. The van der Waals surface area contributed by atoms with Crippen LogP contribution in [0.1, 0.15) is 34.8 Å². The summed E-state index contributed by atoms with van der Waals surface area (Å²) in [6.45, 7) is 2.22. The molecule has 0 aliphatic carbocycles. The molecule has 1 aliphatic rings. The van der Waals surface area contributed by atoms with Crippen molar-refractivity contribution in [3.63, 3.8) is 0 Å². The van der Waals surface area contributed by atoms with Crippen molar-refractivity contribution in [1.82, 2.24) is 0 Å². The first-order valence-corrected chi connectivity index (χ1v) is 8.47. The molecule has 0 radical (unpaired) electrons. The van der Waals surface area contributed by atoms with Crippen LogP contribution < -0.4 is 10.2 Å². The number of carbonyl (C=O) groups is 3. The molecule has 1 heterocycles. The van der Waals surface area contributed by atoms with Gasteiger partial charge >= 0.3 is 5.97 Å². The normalized spacial score (nSPS) is 12.6. The van der Waals surface area contributed by atoms with Crippen LogP contribution in [0.2, 0.25) is 0 Å². The number of nitrogens with zero attached hydrogens (tertiary/aromatic N) is 1. The molecular weight excluding hydrogens is 332 g/mol. The molecule has 2 amide bonds. The molecule has 0 saturated carbocycles. The molecule has 2 N–H and O–H groups in total. The molecule has 2 aromatic carbocycles. The van der Waals surface area contributed by atoms with Gasteiger partial charge in [0, 0.05) is 31.3 Å². The first-order chi connectivity index (χ1) is 12.4. The summed E-state index contributed by atoms with van der Waals surface area (Å²) in [7, 11) is 0. The number of fused-ring (bicyclic) bond motifs is 1. The van der Waals surface area contributed by atoms with Gasteiger partial charge in [0.05, 0.1) is 5.56 Å². The van der Waals surface area contributed by atoms with Crippen molar-refractivity contribution in [1.29, 1.82) is 0 Å².